The van der Waals surface area contributed by atoms with Crippen LogP contribution in [0.4, 0.5) is 5.69 Å². The van der Waals surface area contributed by atoms with E-state index in [0.717, 1.165) is 70.6 Å². The predicted molar refractivity (Wildman–Crippen MR) is 125 cm³/mol. The third kappa shape index (κ3) is 12.9. The van der Waals surface area contributed by atoms with Crippen LogP contribution in [-0.2, 0) is 9.53 Å². The number of rotatable bonds is 18. The fourth-order valence-electron chi connectivity index (χ4n) is 3.40. The van der Waals surface area contributed by atoms with E-state index in [0.29, 0.717) is 12.0 Å². The Labute approximate surface area is 191 Å². The number of non-ortho nitro benzene ring substituents is 1. The lowest BCUT2D eigenvalue weighted by Crippen LogP contribution is -2.18. The first-order valence-corrected chi connectivity index (χ1v) is 11.8. The van der Waals surface area contributed by atoms with Gasteiger partial charge in [0.2, 0.25) is 0 Å². The van der Waals surface area contributed by atoms with Gasteiger partial charge < -0.3 is 9.84 Å². The fourth-order valence-corrected chi connectivity index (χ4v) is 3.40. The minimum Gasteiger partial charge on any atom is -0.481 e. The summed E-state index contributed by atoms with van der Waals surface area (Å²) in [6, 6.07) is 5.49. The summed E-state index contributed by atoms with van der Waals surface area (Å²) < 4.78 is 5.70. The summed E-state index contributed by atoms with van der Waals surface area (Å²) in [5.74, 6) is -1.18. The summed E-state index contributed by atoms with van der Waals surface area (Å²) in [7, 11) is 0. The number of nitro benzene ring substituents is 1. The number of esters is 1. The summed E-state index contributed by atoms with van der Waals surface area (Å²) in [5, 5.41) is 19.4. The van der Waals surface area contributed by atoms with Gasteiger partial charge in [-0.1, -0.05) is 57.6 Å². The first-order chi connectivity index (χ1) is 15.4. The molecule has 7 heteroatoms. The Morgan fingerprint density at radius 3 is 2.31 bits per heavy atom. The summed E-state index contributed by atoms with van der Waals surface area (Å²) >= 11 is 0. The van der Waals surface area contributed by atoms with Gasteiger partial charge in [-0.3, -0.25) is 14.9 Å². The molecular weight excluding hydrogens is 410 g/mol. The van der Waals surface area contributed by atoms with Crippen molar-refractivity contribution in [3.8, 4) is 0 Å². The summed E-state index contributed by atoms with van der Waals surface area (Å²) in [4.78, 5) is 33.2. The molecule has 0 fully saturated rings. The number of hydrogen-bond donors (Lipinski definition) is 1. The zero-order valence-corrected chi connectivity index (χ0v) is 19.2. The molecule has 0 aliphatic heterocycles. The maximum absolute atomic E-state index is 12.5. The number of carbonyl (C=O) groups excluding carboxylic acids is 1. The highest BCUT2D eigenvalue weighted by atomic mass is 16.6. The van der Waals surface area contributed by atoms with Gasteiger partial charge in [-0.2, -0.15) is 0 Å². The Bertz CT molecular complexity index is 714. The molecule has 0 saturated heterocycles. The van der Waals surface area contributed by atoms with Gasteiger partial charge in [-0.15, -0.1) is 0 Å². The highest BCUT2D eigenvalue weighted by molar-refractivity contribution is 5.89. The van der Waals surface area contributed by atoms with E-state index in [1.807, 2.05) is 0 Å². The van der Waals surface area contributed by atoms with E-state index in [-0.39, 0.29) is 18.2 Å². The predicted octanol–water partition coefficient (Wildman–Crippen LogP) is 6.85. The van der Waals surface area contributed by atoms with E-state index in [4.69, 9.17) is 9.84 Å². The third-order valence-corrected chi connectivity index (χ3v) is 5.29. The molecule has 0 aromatic heterocycles. The van der Waals surface area contributed by atoms with Crippen molar-refractivity contribution in [3.05, 3.63) is 52.1 Å². The summed E-state index contributed by atoms with van der Waals surface area (Å²) in [6.07, 6.45) is 15.9. The quantitative estimate of drug-likeness (QED) is 0.0866. The van der Waals surface area contributed by atoms with Gasteiger partial charge in [0.25, 0.3) is 5.69 Å². The molecule has 1 rings (SSSR count). The van der Waals surface area contributed by atoms with Crippen molar-refractivity contribution >= 4 is 17.6 Å². The Hall–Kier alpha value is -2.70. The maximum Gasteiger partial charge on any atom is 0.338 e. The zero-order chi connectivity index (χ0) is 23.6. The van der Waals surface area contributed by atoms with E-state index >= 15 is 0 Å². The van der Waals surface area contributed by atoms with E-state index < -0.39 is 16.9 Å². The van der Waals surface area contributed by atoms with Crippen molar-refractivity contribution < 1.29 is 24.4 Å². The van der Waals surface area contributed by atoms with Crippen molar-refractivity contribution in [2.24, 2.45) is 0 Å². The minimum absolute atomic E-state index is 0.0533. The molecule has 1 unspecified atom stereocenters. The maximum atomic E-state index is 12.5. The number of carbonyl (C=O) groups is 2. The van der Waals surface area contributed by atoms with E-state index in [2.05, 4.69) is 19.1 Å². The number of allylic oxidation sites excluding steroid dienone is 1. The molecule has 1 atom stereocenters. The van der Waals surface area contributed by atoms with Crippen LogP contribution in [0.15, 0.2) is 36.4 Å². The largest absolute Gasteiger partial charge is 0.481 e. The number of carboxylic acids is 1. The summed E-state index contributed by atoms with van der Waals surface area (Å²) in [6.45, 7) is 2.15. The van der Waals surface area contributed by atoms with Crippen LogP contribution in [0, 0.1) is 10.1 Å². The second-order valence-corrected chi connectivity index (χ2v) is 8.09. The number of nitrogens with zero attached hydrogens (tertiary/aromatic N) is 1. The average Bonchev–Trinajstić information content (AvgIpc) is 2.77. The topological polar surface area (TPSA) is 107 Å². The molecule has 1 aromatic rings. The van der Waals surface area contributed by atoms with Gasteiger partial charge in [-0.25, -0.2) is 4.79 Å². The van der Waals surface area contributed by atoms with Crippen LogP contribution in [0.2, 0.25) is 0 Å². The third-order valence-electron chi connectivity index (χ3n) is 5.29. The Kier molecular flexibility index (Phi) is 14.5. The number of benzene rings is 1. The minimum atomic E-state index is -0.730. The molecule has 0 radical (unpaired) electrons. The van der Waals surface area contributed by atoms with Crippen LogP contribution in [0.3, 0.4) is 0 Å². The molecule has 178 valence electrons. The molecule has 0 spiro atoms. The first kappa shape index (κ1) is 27.3. The summed E-state index contributed by atoms with van der Waals surface area (Å²) in [5.41, 5.74) is 0.267. The molecule has 32 heavy (non-hydrogen) atoms. The van der Waals surface area contributed by atoms with Crippen LogP contribution in [0.25, 0.3) is 0 Å². The van der Waals surface area contributed by atoms with E-state index in [1.165, 1.54) is 24.3 Å². The van der Waals surface area contributed by atoms with Crippen LogP contribution >= 0.6 is 0 Å². The van der Waals surface area contributed by atoms with Crippen molar-refractivity contribution in [2.45, 2.75) is 96.5 Å². The highest BCUT2D eigenvalue weighted by Gasteiger charge is 2.16. The smallest absolute Gasteiger partial charge is 0.338 e. The molecule has 0 amide bonds. The Morgan fingerprint density at radius 2 is 1.66 bits per heavy atom. The number of aliphatic carboxylic acids is 1. The molecular formula is C25H37NO6. The second-order valence-electron chi connectivity index (χ2n) is 8.09. The van der Waals surface area contributed by atoms with Gasteiger partial charge in [0, 0.05) is 25.0 Å². The number of hydrogen-bond acceptors (Lipinski definition) is 5. The highest BCUT2D eigenvalue weighted by Crippen LogP contribution is 2.17. The normalized spacial score (nSPS) is 12.0. The van der Waals surface area contributed by atoms with Crippen LogP contribution in [-0.4, -0.2) is 28.1 Å². The molecule has 0 bridgehead atoms. The molecule has 7 nitrogen and oxygen atoms in total. The van der Waals surface area contributed by atoms with E-state index in [9.17, 15) is 19.7 Å². The number of unbranched alkanes of at least 4 members (excludes halogenated alkanes) is 8. The monoisotopic (exact) mass is 447 g/mol. The molecule has 1 N–H and O–H groups in total. The number of ether oxygens (including phenoxy) is 1. The van der Waals surface area contributed by atoms with Gasteiger partial charge in [-0.05, 0) is 44.2 Å². The van der Waals surface area contributed by atoms with Gasteiger partial charge in [0.1, 0.15) is 6.10 Å². The Balaban J connectivity index is 2.42. The lowest BCUT2D eigenvalue weighted by Gasteiger charge is -2.16. The fraction of sp³-hybridized carbons (Fsp3) is 0.600. The second kappa shape index (κ2) is 16.9. The average molecular weight is 448 g/mol. The molecule has 1 aromatic carbocycles. The van der Waals surface area contributed by atoms with Crippen molar-refractivity contribution in [2.75, 3.05) is 0 Å². The lowest BCUT2D eigenvalue weighted by molar-refractivity contribution is -0.384. The first-order valence-electron chi connectivity index (χ1n) is 11.8. The van der Waals surface area contributed by atoms with E-state index in [1.54, 1.807) is 0 Å². The standard InChI is InChI=1S/C25H37NO6/c1-2-3-4-11-14-23(15-12-9-7-5-6-8-10-13-16-24(27)28)32-25(29)21-17-19-22(20-18-21)26(30)31/h9,12,17-20,23H,2-8,10-11,13-16H2,1H3,(H,27,28)/b12-9+. The van der Waals surface area contributed by atoms with Crippen molar-refractivity contribution in [1.29, 1.82) is 0 Å². The molecule has 0 saturated carbocycles. The molecule has 0 aliphatic rings. The lowest BCUT2D eigenvalue weighted by atomic mass is 10.1. The van der Waals surface area contributed by atoms with Gasteiger partial charge >= 0.3 is 11.9 Å². The van der Waals surface area contributed by atoms with Gasteiger partial charge in [0.15, 0.2) is 0 Å². The Morgan fingerprint density at radius 1 is 1.00 bits per heavy atom. The van der Waals surface area contributed by atoms with Crippen molar-refractivity contribution in [1.82, 2.24) is 0 Å². The van der Waals surface area contributed by atoms with Crippen LogP contribution < -0.4 is 0 Å². The molecule has 0 aliphatic carbocycles. The number of carboxylic acid groups (broad SMARTS) is 1. The van der Waals surface area contributed by atoms with Crippen LogP contribution in [0.1, 0.15) is 101 Å². The van der Waals surface area contributed by atoms with Gasteiger partial charge in [0.05, 0.1) is 10.5 Å². The van der Waals surface area contributed by atoms with Crippen LogP contribution in [0.5, 0.6) is 0 Å². The SMILES string of the molecule is CCCCCCC(C/C=C/CCCCCCCC(=O)O)OC(=O)c1ccc([N+](=O)[O-])cc1. The molecule has 0 heterocycles. The zero-order valence-electron chi connectivity index (χ0n) is 19.2. The van der Waals surface area contributed by atoms with Crippen molar-refractivity contribution in [3.63, 3.8) is 0 Å². The number of nitro groups is 1.